The molecular formula is C9H14ClO4P. The average molecular weight is 253 g/mol. The molecule has 0 spiro atoms. The quantitative estimate of drug-likeness (QED) is 0.671. The van der Waals surface area contributed by atoms with Crippen molar-refractivity contribution in [2.75, 3.05) is 0 Å². The Labute approximate surface area is 93.8 Å². The molecule has 0 aliphatic heterocycles. The highest BCUT2D eigenvalue weighted by atomic mass is 35.5. The molecule has 0 heterocycles. The molecule has 1 rings (SSSR count). The third-order valence-corrected chi connectivity index (χ3v) is 1.79. The SMILES string of the molecule is CC(C)c1ccc(Cl)cc1.O=P(O)(O)O. The second kappa shape index (κ2) is 6.26. The summed E-state index contributed by atoms with van der Waals surface area (Å²) in [5.74, 6) is 0.595. The van der Waals surface area contributed by atoms with Gasteiger partial charge >= 0.3 is 7.82 Å². The van der Waals surface area contributed by atoms with E-state index >= 15 is 0 Å². The lowest BCUT2D eigenvalue weighted by molar-refractivity contribution is 0.275. The van der Waals surface area contributed by atoms with Gasteiger partial charge in [0.05, 0.1) is 0 Å². The fourth-order valence-corrected chi connectivity index (χ4v) is 0.974. The molecule has 0 bridgehead atoms. The van der Waals surface area contributed by atoms with Gasteiger partial charge in [0.25, 0.3) is 0 Å². The number of rotatable bonds is 1. The van der Waals surface area contributed by atoms with E-state index in [9.17, 15) is 0 Å². The first-order valence-corrected chi connectivity index (χ1v) is 6.18. The van der Waals surface area contributed by atoms with Crippen molar-refractivity contribution < 1.29 is 19.2 Å². The minimum absolute atomic E-state index is 0.595. The minimum atomic E-state index is -4.64. The van der Waals surface area contributed by atoms with E-state index < -0.39 is 7.82 Å². The van der Waals surface area contributed by atoms with E-state index in [0.717, 1.165) is 5.02 Å². The van der Waals surface area contributed by atoms with Gasteiger partial charge in [0.15, 0.2) is 0 Å². The van der Waals surface area contributed by atoms with Crippen molar-refractivity contribution in [2.45, 2.75) is 19.8 Å². The van der Waals surface area contributed by atoms with Crippen molar-refractivity contribution >= 4 is 19.4 Å². The standard InChI is InChI=1S/C9H11Cl.H3O4P/c1-7(2)8-3-5-9(10)6-4-8;1-5(2,3)4/h3-7H,1-2H3;(H3,1,2,3,4). The molecule has 0 atom stereocenters. The Morgan fingerprint density at radius 3 is 1.73 bits per heavy atom. The molecule has 0 saturated heterocycles. The molecule has 3 N–H and O–H groups in total. The lowest BCUT2D eigenvalue weighted by atomic mass is 10.0. The predicted molar refractivity (Wildman–Crippen MR) is 59.8 cm³/mol. The first-order valence-electron chi connectivity index (χ1n) is 4.24. The third kappa shape index (κ3) is 9.91. The van der Waals surface area contributed by atoms with Crippen LogP contribution in [0.4, 0.5) is 0 Å². The highest BCUT2D eigenvalue weighted by molar-refractivity contribution is 7.45. The fourth-order valence-electron chi connectivity index (χ4n) is 0.848. The van der Waals surface area contributed by atoms with Crippen molar-refractivity contribution in [1.29, 1.82) is 0 Å². The van der Waals surface area contributed by atoms with E-state index in [4.69, 9.17) is 30.8 Å². The van der Waals surface area contributed by atoms with Gasteiger partial charge in [-0.3, -0.25) is 0 Å². The van der Waals surface area contributed by atoms with Crippen molar-refractivity contribution in [3.8, 4) is 0 Å². The largest absolute Gasteiger partial charge is 0.466 e. The van der Waals surface area contributed by atoms with Gasteiger partial charge in [-0.1, -0.05) is 37.6 Å². The second-order valence-corrected chi connectivity index (χ2v) is 4.68. The fraction of sp³-hybridized carbons (Fsp3) is 0.333. The number of halogens is 1. The van der Waals surface area contributed by atoms with Crippen LogP contribution in [0.5, 0.6) is 0 Å². The van der Waals surface area contributed by atoms with E-state index in [0.29, 0.717) is 5.92 Å². The van der Waals surface area contributed by atoms with Gasteiger partial charge in [-0.25, -0.2) is 4.57 Å². The Morgan fingerprint density at radius 1 is 1.13 bits per heavy atom. The normalized spacial score (nSPS) is 10.9. The van der Waals surface area contributed by atoms with Crippen molar-refractivity contribution in [3.05, 3.63) is 34.9 Å². The zero-order chi connectivity index (χ0) is 12.1. The van der Waals surface area contributed by atoms with Crippen LogP contribution in [0.3, 0.4) is 0 Å². The summed E-state index contributed by atoms with van der Waals surface area (Å²) in [5.41, 5.74) is 1.34. The van der Waals surface area contributed by atoms with Crippen molar-refractivity contribution in [1.82, 2.24) is 0 Å². The molecule has 0 fully saturated rings. The van der Waals surface area contributed by atoms with Crippen LogP contribution in [-0.2, 0) is 4.57 Å². The first kappa shape index (κ1) is 14.6. The lowest BCUT2D eigenvalue weighted by Gasteiger charge is -2.03. The van der Waals surface area contributed by atoms with Crippen LogP contribution in [0.25, 0.3) is 0 Å². The van der Waals surface area contributed by atoms with Crippen LogP contribution >= 0.6 is 19.4 Å². The Kier molecular flexibility index (Phi) is 6.10. The summed E-state index contributed by atoms with van der Waals surface area (Å²) in [7, 11) is -4.64. The summed E-state index contributed by atoms with van der Waals surface area (Å²) < 4.78 is 8.88. The van der Waals surface area contributed by atoms with E-state index in [-0.39, 0.29) is 0 Å². The Hall–Kier alpha value is -0.380. The third-order valence-electron chi connectivity index (χ3n) is 1.54. The molecular weight excluding hydrogens is 239 g/mol. The molecule has 4 nitrogen and oxygen atoms in total. The summed E-state index contributed by atoms with van der Waals surface area (Å²) in [6, 6.07) is 7.98. The predicted octanol–water partition coefficient (Wildman–Crippen LogP) is 2.53. The Bertz CT molecular complexity index is 322. The smallest absolute Gasteiger partial charge is 0.303 e. The molecule has 0 aliphatic rings. The zero-order valence-electron chi connectivity index (χ0n) is 8.46. The summed E-state index contributed by atoms with van der Waals surface area (Å²) in [4.78, 5) is 21.6. The highest BCUT2D eigenvalue weighted by Crippen LogP contribution is 2.25. The maximum Gasteiger partial charge on any atom is 0.466 e. The summed E-state index contributed by atoms with van der Waals surface area (Å²) in [5, 5.41) is 0.810. The van der Waals surface area contributed by atoms with Gasteiger partial charge in [-0.05, 0) is 23.6 Å². The van der Waals surface area contributed by atoms with Gasteiger partial charge in [-0.2, -0.15) is 0 Å². The van der Waals surface area contributed by atoms with Crippen LogP contribution in [0.1, 0.15) is 25.3 Å². The van der Waals surface area contributed by atoms with Crippen molar-refractivity contribution in [3.63, 3.8) is 0 Å². The number of phosphoric acid groups is 1. The van der Waals surface area contributed by atoms with Crippen LogP contribution in [-0.4, -0.2) is 14.7 Å². The topological polar surface area (TPSA) is 77.8 Å². The summed E-state index contributed by atoms with van der Waals surface area (Å²) in [6.07, 6.45) is 0. The zero-order valence-corrected chi connectivity index (χ0v) is 10.1. The molecule has 6 heteroatoms. The van der Waals surface area contributed by atoms with Crippen LogP contribution in [0.15, 0.2) is 24.3 Å². The molecule has 0 aromatic heterocycles. The number of hydrogen-bond donors (Lipinski definition) is 3. The molecule has 0 aliphatic carbocycles. The molecule has 0 unspecified atom stereocenters. The van der Waals surface area contributed by atoms with E-state index in [1.54, 1.807) is 0 Å². The molecule has 15 heavy (non-hydrogen) atoms. The van der Waals surface area contributed by atoms with E-state index in [1.807, 2.05) is 12.1 Å². The molecule has 0 amide bonds. The van der Waals surface area contributed by atoms with E-state index in [1.165, 1.54) is 5.56 Å². The minimum Gasteiger partial charge on any atom is -0.303 e. The molecule has 1 aromatic rings. The van der Waals surface area contributed by atoms with Crippen molar-refractivity contribution in [2.24, 2.45) is 0 Å². The van der Waals surface area contributed by atoms with Gasteiger partial charge in [-0.15, -0.1) is 0 Å². The molecule has 0 saturated carbocycles. The maximum atomic E-state index is 8.88. The Morgan fingerprint density at radius 2 is 1.47 bits per heavy atom. The van der Waals surface area contributed by atoms with Crippen LogP contribution in [0, 0.1) is 0 Å². The maximum absolute atomic E-state index is 8.88. The van der Waals surface area contributed by atoms with Gasteiger partial charge < -0.3 is 14.7 Å². The molecule has 0 radical (unpaired) electrons. The second-order valence-electron chi connectivity index (χ2n) is 3.22. The number of hydrogen-bond acceptors (Lipinski definition) is 1. The van der Waals surface area contributed by atoms with E-state index in [2.05, 4.69) is 26.0 Å². The average Bonchev–Trinajstić information content (AvgIpc) is 2.01. The highest BCUT2D eigenvalue weighted by Gasteiger charge is 2.00. The van der Waals surface area contributed by atoms with Gasteiger partial charge in [0.1, 0.15) is 0 Å². The molecule has 1 aromatic carbocycles. The lowest BCUT2D eigenvalue weighted by Crippen LogP contribution is -1.84. The summed E-state index contributed by atoms with van der Waals surface area (Å²) >= 11 is 5.72. The Balaban J connectivity index is 0.000000336. The monoisotopic (exact) mass is 252 g/mol. The molecule has 86 valence electrons. The first-order chi connectivity index (χ1) is 6.70. The van der Waals surface area contributed by atoms with Crippen LogP contribution in [0.2, 0.25) is 5.02 Å². The van der Waals surface area contributed by atoms with Gasteiger partial charge in [0, 0.05) is 5.02 Å². The summed E-state index contributed by atoms with van der Waals surface area (Å²) in [6.45, 7) is 4.34. The van der Waals surface area contributed by atoms with Crippen LogP contribution < -0.4 is 0 Å². The number of benzene rings is 1. The van der Waals surface area contributed by atoms with Gasteiger partial charge in [0.2, 0.25) is 0 Å².